The van der Waals surface area contributed by atoms with E-state index in [0.29, 0.717) is 0 Å². The number of benzene rings is 1. The molecule has 0 aromatic heterocycles. The minimum Gasteiger partial charge on any atom is -0.412 e. The quantitative estimate of drug-likeness (QED) is 0.604. The van der Waals surface area contributed by atoms with Crippen molar-refractivity contribution >= 4 is 8.32 Å². The van der Waals surface area contributed by atoms with Crippen LogP contribution in [0.3, 0.4) is 0 Å². The third-order valence-corrected chi connectivity index (χ3v) is 9.11. The lowest BCUT2D eigenvalue weighted by atomic mass is 10.0. The Morgan fingerprint density at radius 1 is 1.24 bits per heavy atom. The van der Waals surface area contributed by atoms with Crippen molar-refractivity contribution < 1.29 is 4.43 Å². The zero-order valence-corrected chi connectivity index (χ0v) is 15.4. The van der Waals surface area contributed by atoms with Crippen molar-refractivity contribution in [1.29, 1.82) is 0 Å². The second kappa shape index (κ2) is 6.90. The van der Waals surface area contributed by atoms with Gasteiger partial charge in [-0.3, -0.25) is 0 Å². The van der Waals surface area contributed by atoms with Crippen LogP contribution in [0, 0.1) is 0 Å². The molecule has 0 aliphatic carbocycles. The van der Waals surface area contributed by atoms with Crippen LogP contribution in [0.1, 0.15) is 44.9 Å². The maximum atomic E-state index is 6.39. The van der Waals surface area contributed by atoms with Gasteiger partial charge in [-0.2, -0.15) is 0 Å². The van der Waals surface area contributed by atoms with Gasteiger partial charge in [-0.15, -0.1) is 6.58 Å². The van der Waals surface area contributed by atoms with Crippen molar-refractivity contribution in [2.45, 2.75) is 64.4 Å². The Hall–Kier alpha value is -0.903. The smallest absolute Gasteiger partial charge is 0.192 e. The molecule has 1 aromatic carbocycles. The third kappa shape index (κ3) is 4.80. The van der Waals surface area contributed by atoms with Gasteiger partial charge in [0.25, 0.3) is 0 Å². The molecule has 0 heterocycles. The maximum absolute atomic E-state index is 6.39. The largest absolute Gasteiger partial charge is 0.412 e. The van der Waals surface area contributed by atoms with Gasteiger partial charge in [0.05, 0.1) is 12.1 Å². The fraction of sp³-hybridized carbons (Fsp3) is 0.556. The SMILES string of the molecule is C=CCc1ccc(C(N)C(C)O[Si](C)(C)C(C)(C)C)cc1. The van der Waals surface area contributed by atoms with E-state index in [-0.39, 0.29) is 17.2 Å². The number of nitrogens with two attached hydrogens (primary N) is 1. The first kappa shape index (κ1) is 18.1. The molecule has 1 aromatic rings. The summed E-state index contributed by atoms with van der Waals surface area (Å²) < 4.78 is 6.39. The van der Waals surface area contributed by atoms with Crippen molar-refractivity contribution in [1.82, 2.24) is 0 Å². The molecule has 0 aliphatic heterocycles. The first-order valence-electron chi connectivity index (χ1n) is 7.71. The van der Waals surface area contributed by atoms with Gasteiger partial charge in [-0.05, 0) is 42.6 Å². The van der Waals surface area contributed by atoms with E-state index in [0.717, 1.165) is 12.0 Å². The predicted octanol–water partition coefficient (Wildman–Crippen LogP) is 4.83. The Morgan fingerprint density at radius 3 is 2.19 bits per heavy atom. The molecule has 0 radical (unpaired) electrons. The Kier molecular flexibility index (Phi) is 5.97. The van der Waals surface area contributed by atoms with Crippen molar-refractivity contribution in [2.24, 2.45) is 5.73 Å². The highest BCUT2D eigenvalue weighted by Gasteiger charge is 2.39. The third-order valence-electron chi connectivity index (χ3n) is 4.54. The number of hydrogen-bond donors (Lipinski definition) is 1. The summed E-state index contributed by atoms with van der Waals surface area (Å²) in [5, 5.41) is 0.203. The molecule has 2 atom stereocenters. The predicted molar refractivity (Wildman–Crippen MR) is 95.0 cm³/mol. The Labute approximate surface area is 131 Å². The minimum absolute atomic E-state index is 0.0242. The van der Waals surface area contributed by atoms with Crippen LogP contribution in [0.15, 0.2) is 36.9 Å². The molecule has 2 unspecified atom stereocenters. The van der Waals surface area contributed by atoms with Gasteiger partial charge in [0.15, 0.2) is 8.32 Å². The molecule has 0 saturated carbocycles. The van der Waals surface area contributed by atoms with Crippen LogP contribution in [-0.2, 0) is 10.8 Å². The highest BCUT2D eigenvalue weighted by Crippen LogP contribution is 2.38. The molecule has 0 spiro atoms. The van der Waals surface area contributed by atoms with E-state index >= 15 is 0 Å². The van der Waals surface area contributed by atoms with E-state index in [1.165, 1.54) is 5.56 Å². The lowest BCUT2D eigenvalue weighted by Gasteiger charge is -2.39. The maximum Gasteiger partial charge on any atom is 0.192 e. The Bertz CT molecular complexity index is 459. The molecule has 0 aliphatic rings. The molecule has 0 amide bonds. The first-order valence-corrected chi connectivity index (χ1v) is 10.6. The second-order valence-electron chi connectivity index (χ2n) is 7.34. The van der Waals surface area contributed by atoms with E-state index in [2.05, 4.69) is 71.6 Å². The Balaban J connectivity index is 2.78. The van der Waals surface area contributed by atoms with E-state index in [9.17, 15) is 0 Å². The summed E-state index contributed by atoms with van der Waals surface area (Å²) in [4.78, 5) is 0. The van der Waals surface area contributed by atoms with E-state index < -0.39 is 8.32 Å². The lowest BCUT2D eigenvalue weighted by Crippen LogP contribution is -2.45. The van der Waals surface area contributed by atoms with Crippen molar-refractivity contribution in [2.75, 3.05) is 0 Å². The van der Waals surface area contributed by atoms with Crippen LogP contribution in [0.25, 0.3) is 0 Å². The van der Waals surface area contributed by atoms with E-state index in [4.69, 9.17) is 10.2 Å². The molecule has 3 heteroatoms. The molecular weight excluding hydrogens is 274 g/mol. The number of hydrogen-bond acceptors (Lipinski definition) is 2. The summed E-state index contributed by atoms with van der Waals surface area (Å²) in [6.07, 6.45) is 2.83. The van der Waals surface area contributed by atoms with Crippen LogP contribution in [0.5, 0.6) is 0 Å². The van der Waals surface area contributed by atoms with Crippen molar-refractivity contribution in [3.63, 3.8) is 0 Å². The average molecular weight is 306 g/mol. The van der Waals surface area contributed by atoms with Crippen LogP contribution in [0.2, 0.25) is 18.1 Å². The number of allylic oxidation sites excluding steroid dienone is 1. The molecule has 118 valence electrons. The van der Waals surface area contributed by atoms with Gasteiger partial charge >= 0.3 is 0 Å². The fourth-order valence-electron chi connectivity index (χ4n) is 2.03. The second-order valence-corrected chi connectivity index (χ2v) is 12.1. The van der Waals surface area contributed by atoms with Crippen molar-refractivity contribution in [3.05, 3.63) is 48.0 Å². The zero-order valence-electron chi connectivity index (χ0n) is 14.4. The van der Waals surface area contributed by atoms with Gasteiger partial charge in [-0.1, -0.05) is 51.1 Å². The molecule has 0 saturated heterocycles. The van der Waals surface area contributed by atoms with Crippen LogP contribution >= 0.6 is 0 Å². The molecular formula is C18H31NOSi. The molecule has 0 bridgehead atoms. The molecule has 0 fully saturated rings. The Morgan fingerprint density at radius 2 is 1.76 bits per heavy atom. The van der Waals surface area contributed by atoms with Crippen LogP contribution in [-0.4, -0.2) is 14.4 Å². The minimum atomic E-state index is -1.78. The number of rotatable bonds is 6. The van der Waals surface area contributed by atoms with Crippen LogP contribution < -0.4 is 5.73 Å². The monoisotopic (exact) mass is 305 g/mol. The van der Waals surface area contributed by atoms with Gasteiger partial charge in [-0.25, -0.2) is 0 Å². The van der Waals surface area contributed by atoms with Gasteiger partial charge in [0, 0.05) is 0 Å². The summed E-state index contributed by atoms with van der Waals surface area (Å²) in [5.74, 6) is 0. The summed E-state index contributed by atoms with van der Waals surface area (Å²) in [7, 11) is -1.78. The van der Waals surface area contributed by atoms with E-state index in [1.807, 2.05) is 6.08 Å². The normalized spacial score (nSPS) is 15.6. The summed E-state index contributed by atoms with van der Waals surface area (Å²) >= 11 is 0. The van der Waals surface area contributed by atoms with Gasteiger partial charge in [0.1, 0.15) is 0 Å². The molecule has 2 N–H and O–H groups in total. The summed E-state index contributed by atoms with van der Waals surface area (Å²) in [6.45, 7) is 17.1. The first-order chi connectivity index (χ1) is 9.58. The van der Waals surface area contributed by atoms with Crippen molar-refractivity contribution in [3.8, 4) is 0 Å². The van der Waals surface area contributed by atoms with Crippen LogP contribution in [0.4, 0.5) is 0 Å². The summed E-state index contributed by atoms with van der Waals surface area (Å²) in [5.41, 5.74) is 8.79. The molecule has 2 nitrogen and oxygen atoms in total. The highest BCUT2D eigenvalue weighted by atomic mass is 28.4. The molecule has 1 rings (SSSR count). The lowest BCUT2D eigenvalue weighted by molar-refractivity contribution is 0.170. The average Bonchev–Trinajstić information content (AvgIpc) is 2.37. The van der Waals surface area contributed by atoms with E-state index in [1.54, 1.807) is 0 Å². The zero-order chi connectivity index (χ0) is 16.3. The topological polar surface area (TPSA) is 35.2 Å². The molecule has 21 heavy (non-hydrogen) atoms. The summed E-state index contributed by atoms with van der Waals surface area (Å²) in [6, 6.07) is 8.37. The highest BCUT2D eigenvalue weighted by molar-refractivity contribution is 6.74. The standard InChI is InChI=1S/C18H31NOSi/c1-8-9-15-10-12-16(13-11-15)17(19)14(2)20-21(6,7)18(3,4)5/h8,10-14,17H,1,9,19H2,2-7H3. The fourth-order valence-corrected chi connectivity index (χ4v) is 3.46. The van der Waals surface area contributed by atoms with Gasteiger partial charge in [0.2, 0.25) is 0 Å². The van der Waals surface area contributed by atoms with Gasteiger partial charge < -0.3 is 10.2 Å².